The molecule has 3 aliphatic rings. The van der Waals surface area contributed by atoms with Crippen LogP contribution in [-0.2, 0) is 0 Å². The fraction of sp³-hybridized carbons (Fsp3) is 0.467. The molecule has 2 aromatic rings. The van der Waals surface area contributed by atoms with Crippen molar-refractivity contribution in [2.45, 2.75) is 69.4 Å². The first kappa shape index (κ1) is 23.8. The van der Waals surface area contributed by atoms with Gasteiger partial charge in [0.2, 0.25) is 0 Å². The van der Waals surface area contributed by atoms with Crippen LogP contribution in [0.2, 0.25) is 0 Å². The van der Waals surface area contributed by atoms with Gasteiger partial charge in [-0.15, -0.1) is 0 Å². The number of nitrogens with zero attached hydrogens (tertiary/aromatic N) is 1. The van der Waals surface area contributed by atoms with Crippen molar-refractivity contribution >= 4 is 5.69 Å². The molecule has 1 saturated carbocycles. The maximum Gasteiger partial charge on any atom is 0.139 e. The molecule has 1 heterocycles. The van der Waals surface area contributed by atoms with Crippen molar-refractivity contribution in [2.24, 2.45) is 5.92 Å². The quantitative estimate of drug-likeness (QED) is 0.383. The molecule has 1 aliphatic heterocycles. The first-order valence-corrected chi connectivity index (χ1v) is 13.2. The number of phenols is 2. The van der Waals surface area contributed by atoms with Crippen LogP contribution in [0.4, 0.5) is 5.69 Å². The molecule has 0 amide bonds. The molecule has 2 fully saturated rings. The minimum Gasteiger partial charge on any atom is -0.508 e. The van der Waals surface area contributed by atoms with Crippen LogP contribution in [0.15, 0.2) is 65.9 Å². The Bertz CT molecular complexity index is 1090. The number of aliphatic hydroxyl groups is 1. The normalized spacial score (nSPS) is 23.4. The summed E-state index contributed by atoms with van der Waals surface area (Å²) < 4.78 is 0. The summed E-state index contributed by atoms with van der Waals surface area (Å²) in [7, 11) is 1.94. The van der Waals surface area contributed by atoms with E-state index in [1.165, 1.54) is 24.1 Å². The van der Waals surface area contributed by atoms with Crippen molar-refractivity contribution in [3.05, 3.63) is 77.0 Å². The fourth-order valence-corrected chi connectivity index (χ4v) is 5.77. The van der Waals surface area contributed by atoms with Gasteiger partial charge in [0.25, 0.3) is 0 Å². The Labute approximate surface area is 208 Å². The fourth-order valence-electron chi connectivity index (χ4n) is 5.77. The monoisotopic (exact) mass is 474 g/mol. The number of rotatable bonds is 8. The molecule has 186 valence electrons. The lowest BCUT2D eigenvalue weighted by atomic mass is 9.82. The van der Waals surface area contributed by atoms with Crippen molar-refractivity contribution in [3.8, 4) is 11.5 Å². The molecule has 2 aromatic carbocycles. The Morgan fingerprint density at radius 2 is 1.74 bits per heavy atom. The molecule has 5 nitrogen and oxygen atoms in total. The Morgan fingerprint density at radius 1 is 0.971 bits per heavy atom. The molecule has 35 heavy (non-hydrogen) atoms. The average molecular weight is 475 g/mol. The summed E-state index contributed by atoms with van der Waals surface area (Å²) in [6.07, 6.45) is 11.9. The summed E-state index contributed by atoms with van der Waals surface area (Å²) in [5.41, 5.74) is 5.64. The summed E-state index contributed by atoms with van der Waals surface area (Å²) in [6.45, 7) is 0.861. The molecule has 1 saturated heterocycles. The molecule has 0 spiro atoms. The maximum atomic E-state index is 10.9. The van der Waals surface area contributed by atoms with Gasteiger partial charge in [-0.1, -0.05) is 24.3 Å². The van der Waals surface area contributed by atoms with Gasteiger partial charge in [0.1, 0.15) is 11.5 Å². The third kappa shape index (κ3) is 5.51. The number of aromatic hydroxyl groups is 2. The molecule has 0 bridgehead atoms. The minimum absolute atomic E-state index is 0.124. The predicted molar refractivity (Wildman–Crippen MR) is 141 cm³/mol. The number of anilines is 1. The van der Waals surface area contributed by atoms with E-state index in [0.29, 0.717) is 17.6 Å². The Balaban J connectivity index is 1.30. The third-order valence-electron chi connectivity index (χ3n) is 8.13. The van der Waals surface area contributed by atoms with Crippen LogP contribution in [0.25, 0.3) is 0 Å². The lowest BCUT2D eigenvalue weighted by Gasteiger charge is -2.42. The van der Waals surface area contributed by atoms with Crippen molar-refractivity contribution in [3.63, 3.8) is 0 Å². The van der Waals surface area contributed by atoms with E-state index in [9.17, 15) is 15.3 Å². The van der Waals surface area contributed by atoms with Crippen LogP contribution in [0.3, 0.4) is 0 Å². The number of phenolic OH excluding ortho intramolecular Hbond substituents is 2. The zero-order chi connectivity index (χ0) is 24.4. The molecule has 3 atom stereocenters. The first-order chi connectivity index (χ1) is 17.0. The Morgan fingerprint density at radius 3 is 2.40 bits per heavy atom. The number of hydrogen-bond acceptors (Lipinski definition) is 5. The van der Waals surface area contributed by atoms with Crippen LogP contribution < -0.4 is 10.2 Å². The molecule has 5 heteroatoms. The van der Waals surface area contributed by atoms with E-state index in [4.69, 9.17) is 0 Å². The van der Waals surface area contributed by atoms with Gasteiger partial charge in [0, 0.05) is 19.3 Å². The van der Waals surface area contributed by atoms with E-state index in [-0.39, 0.29) is 17.9 Å². The second-order valence-electron chi connectivity index (χ2n) is 10.5. The molecular weight excluding hydrogens is 436 g/mol. The van der Waals surface area contributed by atoms with Gasteiger partial charge in [0.05, 0.1) is 17.8 Å². The Hall–Kier alpha value is -2.92. The highest BCUT2D eigenvalue weighted by molar-refractivity contribution is 5.61. The summed E-state index contributed by atoms with van der Waals surface area (Å²) in [4.78, 5) is 2.33. The Kier molecular flexibility index (Phi) is 7.05. The van der Waals surface area contributed by atoms with Crippen LogP contribution >= 0.6 is 0 Å². The summed E-state index contributed by atoms with van der Waals surface area (Å²) in [6, 6.07) is 13.8. The lowest BCUT2D eigenvalue weighted by Crippen LogP contribution is -2.37. The van der Waals surface area contributed by atoms with E-state index in [2.05, 4.69) is 34.5 Å². The highest BCUT2D eigenvalue weighted by Crippen LogP contribution is 2.46. The van der Waals surface area contributed by atoms with Crippen LogP contribution in [0.1, 0.15) is 74.5 Å². The number of piperidine rings is 1. The predicted octanol–water partition coefficient (Wildman–Crippen LogP) is 5.90. The van der Waals surface area contributed by atoms with Gasteiger partial charge in [-0.3, -0.25) is 0 Å². The molecule has 0 radical (unpaired) electrons. The second kappa shape index (κ2) is 10.4. The maximum absolute atomic E-state index is 10.9. The van der Waals surface area contributed by atoms with Crippen molar-refractivity contribution in [1.82, 2.24) is 5.32 Å². The number of hydrogen-bond donors (Lipinski definition) is 4. The van der Waals surface area contributed by atoms with Gasteiger partial charge in [-0.25, -0.2) is 0 Å². The molecule has 2 unspecified atom stereocenters. The number of aliphatic hydroxyl groups excluding tert-OH is 1. The second-order valence-corrected chi connectivity index (χ2v) is 10.5. The van der Waals surface area contributed by atoms with E-state index in [0.717, 1.165) is 61.9 Å². The zero-order valence-electron chi connectivity index (χ0n) is 20.7. The van der Waals surface area contributed by atoms with Crippen molar-refractivity contribution in [2.75, 3.05) is 18.5 Å². The van der Waals surface area contributed by atoms with Crippen LogP contribution in [0.5, 0.6) is 11.5 Å². The highest BCUT2D eigenvalue weighted by Gasteiger charge is 2.32. The zero-order valence-corrected chi connectivity index (χ0v) is 20.7. The first-order valence-electron chi connectivity index (χ1n) is 13.2. The van der Waals surface area contributed by atoms with Gasteiger partial charge in [-0.05, 0) is 110 Å². The number of allylic oxidation sites excluding steroid dienone is 3. The standard InChI is InChI=1S/C30H38N2O3/c1-31-25-10-5-23(6-11-25)29(34)15-2-20-16-17-32(28(18-20)22-7-12-26(33)13-8-22)27-14-9-24(19-30(27)35)21-3-4-21/h5,7-10,12-14,19-21,28-29,31,33-35H,2-4,6,11,15-18H2,1H3/t20?,28-,29?/m0/s1. The summed E-state index contributed by atoms with van der Waals surface area (Å²) in [5, 5.41) is 34.8. The smallest absolute Gasteiger partial charge is 0.139 e. The molecule has 0 aromatic heterocycles. The van der Waals surface area contributed by atoms with E-state index in [1.807, 2.05) is 25.2 Å². The number of benzene rings is 2. The summed E-state index contributed by atoms with van der Waals surface area (Å²) >= 11 is 0. The molecule has 2 aliphatic carbocycles. The van der Waals surface area contributed by atoms with Crippen molar-refractivity contribution in [1.29, 1.82) is 0 Å². The lowest BCUT2D eigenvalue weighted by molar-refractivity contribution is 0.176. The SMILES string of the molecule is CNC1=CC=C(C(O)CCC2CCN(c3ccc(C4CC4)cc3O)[C@H](c3ccc(O)cc3)C2)CC1. The highest BCUT2D eigenvalue weighted by atomic mass is 16.3. The van der Waals surface area contributed by atoms with Crippen LogP contribution in [-0.4, -0.2) is 35.0 Å². The average Bonchev–Trinajstić information content (AvgIpc) is 3.73. The number of nitrogens with one attached hydrogen (secondary N) is 1. The van der Waals surface area contributed by atoms with Gasteiger partial charge in [-0.2, -0.15) is 0 Å². The van der Waals surface area contributed by atoms with Gasteiger partial charge < -0.3 is 25.5 Å². The minimum atomic E-state index is -0.381. The van der Waals surface area contributed by atoms with Gasteiger partial charge in [0.15, 0.2) is 0 Å². The van der Waals surface area contributed by atoms with Gasteiger partial charge >= 0.3 is 0 Å². The molecule has 4 N–H and O–H groups in total. The van der Waals surface area contributed by atoms with E-state index in [1.54, 1.807) is 12.1 Å². The van der Waals surface area contributed by atoms with E-state index < -0.39 is 0 Å². The summed E-state index contributed by atoms with van der Waals surface area (Å²) in [5.74, 6) is 1.74. The topological polar surface area (TPSA) is 76.0 Å². The van der Waals surface area contributed by atoms with Crippen molar-refractivity contribution < 1.29 is 15.3 Å². The molecule has 5 rings (SSSR count). The molecular formula is C30H38N2O3. The van der Waals surface area contributed by atoms with E-state index >= 15 is 0 Å². The largest absolute Gasteiger partial charge is 0.508 e. The van der Waals surface area contributed by atoms with Crippen LogP contribution in [0, 0.1) is 5.92 Å². The third-order valence-corrected chi connectivity index (χ3v) is 8.13.